The Labute approximate surface area is 215 Å². The number of amidine groups is 1. The number of halogens is 1. The van der Waals surface area contributed by atoms with Crippen molar-refractivity contribution in [2.75, 3.05) is 13.7 Å². The lowest BCUT2D eigenvalue weighted by Gasteiger charge is -2.26. The molecule has 4 aromatic rings. The smallest absolute Gasteiger partial charge is 0.169 e. The van der Waals surface area contributed by atoms with Crippen molar-refractivity contribution in [3.63, 3.8) is 0 Å². The van der Waals surface area contributed by atoms with Crippen molar-refractivity contribution in [2.24, 2.45) is 4.99 Å². The summed E-state index contributed by atoms with van der Waals surface area (Å²) in [5, 5.41) is 11.3. The van der Waals surface area contributed by atoms with Crippen molar-refractivity contribution in [1.82, 2.24) is 4.90 Å². The third kappa shape index (κ3) is 7.54. The van der Waals surface area contributed by atoms with Crippen LogP contribution in [0.3, 0.4) is 0 Å². The van der Waals surface area contributed by atoms with E-state index in [-0.39, 0.29) is 5.75 Å². The molecule has 0 unspecified atom stereocenters. The maximum atomic E-state index is 9.74. The Morgan fingerprint density at radius 3 is 2.20 bits per heavy atom. The SMILES string of the molecule is COc1ccc(N=C(Sc2ccc(Cl)cc2)N(CCc2ccccc2)Cc2ccc(O)cc2)cc1. The highest BCUT2D eigenvalue weighted by Gasteiger charge is 2.15. The number of hydrogen-bond acceptors (Lipinski definition) is 4. The lowest BCUT2D eigenvalue weighted by atomic mass is 10.1. The largest absolute Gasteiger partial charge is 0.508 e. The molecule has 6 heteroatoms. The topological polar surface area (TPSA) is 45.1 Å². The molecule has 0 heterocycles. The number of nitrogens with zero attached hydrogens (tertiary/aromatic N) is 2. The summed E-state index contributed by atoms with van der Waals surface area (Å²) in [6.45, 7) is 1.43. The normalized spacial score (nSPS) is 11.3. The van der Waals surface area contributed by atoms with E-state index in [2.05, 4.69) is 29.2 Å². The zero-order valence-electron chi connectivity index (χ0n) is 19.5. The molecule has 35 heavy (non-hydrogen) atoms. The van der Waals surface area contributed by atoms with Crippen LogP contribution in [0, 0.1) is 0 Å². The Bertz CT molecular complexity index is 1230. The molecule has 0 atom stereocenters. The number of ether oxygens (including phenoxy) is 1. The molecule has 0 amide bonds. The molecule has 4 rings (SSSR count). The van der Waals surface area contributed by atoms with E-state index in [1.807, 2.05) is 66.7 Å². The van der Waals surface area contributed by atoms with Gasteiger partial charge in [-0.15, -0.1) is 0 Å². The molecular formula is C29H27ClN2O2S. The van der Waals surface area contributed by atoms with Crippen molar-refractivity contribution < 1.29 is 9.84 Å². The number of thioether (sulfide) groups is 1. The minimum Gasteiger partial charge on any atom is -0.508 e. The predicted octanol–water partition coefficient (Wildman–Crippen LogP) is 7.58. The van der Waals surface area contributed by atoms with Gasteiger partial charge in [-0.2, -0.15) is 0 Å². The average molecular weight is 503 g/mol. The Morgan fingerprint density at radius 2 is 1.54 bits per heavy atom. The number of hydrogen-bond donors (Lipinski definition) is 1. The molecule has 1 N–H and O–H groups in total. The fraction of sp³-hybridized carbons (Fsp3) is 0.138. The molecule has 0 aliphatic heterocycles. The minimum absolute atomic E-state index is 0.257. The van der Waals surface area contributed by atoms with Crippen molar-refractivity contribution >= 4 is 34.2 Å². The molecule has 0 saturated heterocycles. The van der Waals surface area contributed by atoms with E-state index >= 15 is 0 Å². The number of rotatable bonds is 8. The Hall–Kier alpha value is -3.41. The first-order chi connectivity index (χ1) is 17.1. The fourth-order valence-corrected chi connectivity index (χ4v) is 4.55. The highest BCUT2D eigenvalue weighted by atomic mass is 35.5. The van der Waals surface area contributed by atoms with Gasteiger partial charge in [0.1, 0.15) is 11.5 Å². The summed E-state index contributed by atoms with van der Waals surface area (Å²) >= 11 is 7.73. The van der Waals surface area contributed by atoms with Gasteiger partial charge in [0.25, 0.3) is 0 Å². The second kappa shape index (κ2) is 12.3. The van der Waals surface area contributed by atoms with E-state index in [0.717, 1.165) is 40.0 Å². The molecule has 0 aliphatic rings. The zero-order valence-corrected chi connectivity index (χ0v) is 21.0. The summed E-state index contributed by atoms with van der Waals surface area (Å²) in [4.78, 5) is 8.38. The molecule has 0 fully saturated rings. The number of phenolic OH excluding ortho intramolecular Hbond substituents is 1. The number of benzene rings is 4. The summed E-state index contributed by atoms with van der Waals surface area (Å²) in [7, 11) is 1.66. The van der Waals surface area contributed by atoms with E-state index in [1.165, 1.54) is 5.56 Å². The minimum atomic E-state index is 0.257. The van der Waals surface area contributed by atoms with Gasteiger partial charge >= 0.3 is 0 Å². The second-order valence-corrected chi connectivity index (χ2v) is 9.45. The average Bonchev–Trinajstić information content (AvgIpc) is 2.89. The first-order valence-electron chi connectivity index (χ1n) is 11.3. The van der Waals surface area contributed by atoms with Crippen LogP contribution in [0.4, 0.5) is 5.69 Å². The van der Waals surface area contributed by atoms with Gasteiger partial charge in [-0.25, -0.2) is 4.99 Å². The Balaban J connectivity index is 1.68. The number of phenols is 1. The quantitative estimate of drug-likeness (QED) is 0.153. The summed E-state index contributed by atoms with van der Waals surface area (Å²) < 4.78 is 5.31. The summed E-state index contributed by atoms with van der Waals surface area (Å²) in [5.74, 6) is 1.05. The van der Waals surface area contributed by atoms with Crippen LogP contribution in [0.15, 0.2) is 113 Å². The monoisotopic (exact) mass is 502 g/mol. The zero-order chi connectivity index (χ0) is 24.5. The van der Waals surface area contributed by atoms with E-state index in [0.29, 0.717) is 11.6 Å². The van der Waals surface area contributed by atoms with Gasteiger partial charge in [0.15, 0.2) is 5.17 Å². The van der Waals surface area contributed by atoms with Crippen LogP contribution in [0.1, 0.15) is 11.1 Å². The summed E-state index contributed by atoms with van der Waals surface area (Å²) in [6.07, 6.45) is 0.877. The number of aromatic hydroxyl groups is 1. The molecule has 0 bridgehead atoms. The van der Waals surface area contributed by atoms with Crippen LogP contribution in [-0.2, 0) is 13.0 Å². The Kier molecular flexibility index (Phi) is 8.71. The van der Waals surface area contributed by atoms with Crippen molar-refractivity contribution in [3.8, 4) is 11.5 Å². The molecule has 0 aromatic heterocycles. The van der Waals surface area contributed by atoms with Gasteiger partial charge < -0.3 is 14.7 Å². The van der Waals surface area contributed by atoms with Crippen LogP contribution in [-0.4, -0.2) is 28.8 Å². The van der Waals surface area contributed by atoms with Gasteiger partial charge in [0.05, 0.1) is 12.8 Å². The van der Waals surface area contributed by atoms with Gasteiger partial charge in [-0.3, -0.25) is 0 Å². The molecule has 0 spiro atoms. The van der Waals surface area contributed by atoms with E-state index < -0.39 is 0 Å². The lowest BCUT2D eigenvalue weighted by molar-refractivity contribution is 0.415. The van der Waals surface area contributed by atoms with Gasteiger partial charge in [0.2, 0.25) is 0 Å². The molecule has 0 saturated carbocycles. The second-order valence-electron chi connectivity index (χ2n) is 7.97. The van der Waals surface area contributed by atoms with Crippen LogP contribution < -0.4 is 4.74 Å². The van der Waals surface area contributed by atoms with Crippen LogP contribution in [0.25, 0.3) is 0 Å². The standard InChI is InChI=1S/C29H27ClN2O2S/c1-34-27-15-11-25(12-16-27)31-29(35-28-17-9-24(30)10-18-28)32(20-19-22-5-3-2-4-6-22)21-23-7-13-26(33)14-8-23/h2-18,33H,19-21H2,1H3. The van der Waals surface area contributed by atoms with Crippen LogP contribution in [0.5, 0.6) is 11.5 Å². The Morgan fingerprint density at radius 1 is 0.857 bits per heavy atom. The van der Waals surface area contributed by atoms with Crippen molar-refractivity contribution in [2.45, 2.75) is 17.9 Å². The predicted molar refractivity (Wildman–Crippen MR) is 146 cm³/mol. The van der Waals surface area contributed by atoms with Crippen LogP contribution in [0.2, 0.25) is 5.02 Å². The third-order valence-electron chi connectivity index (χ3n) is 5.41. The van der Waals surface area contributed by atoms with Gasteiger partial charge in [-0.1, -0.05) is 65.8 Å². The molecule has 0 radical (unpaired) electrons. The van der Waals surface area contributed by atoms with E-state index in [4.69, 9.17) is 21.3 Å². The molecular weight excluding hydrogens is 476 g/mol. The van der Waals surface area contributed by atoms with Crippen molar-refractivity contribution in [3.05, 3.63) is 119 Å². The first kappa shape index (κ1) is 24.7. The molecule has 4 aromatic carbocycles. The molecule has 4 nitrogen and oxygen atoms in total. The third-order valence-corrected chi connectivity index (χ3v) is 6.71. The summed E-state index contributed by atoms with van der Waals surface area (Å²) in [5.41, 5.74) is 3.20. The number of aliphatic imine (C=N–C) groups is 1. The fourth-order valence-electron chi connectivity index (χ4n) is 3.51. The van der Waals surface area contributed by atoms with E-state index in [9.17, 15) is 5.11 Å². The summed E-state index contributed by atoms with van der Waals surface area (Å²) in [6, 6.07) is 33.3. The molecule has 0 aliphatic carbocycles. The van der Waals surface area contributed by atoms with Gasteiger partial charge in [-0.05, 0) is 78.2 Å². The maximum Gasteiger partial charge on any atom is 0.169 e. The van der Waals surface area contributed by atoms with Crippen molar-refractivity contribution in [1.29, 1.82) is 0 Å². The maximum absolute atomic E-state index is 9.74. The lowest BCUT2D eigenvalue weighted by Crippen LogP contribution is -2.30. The highest BCUT2D eigenvalue weighted by molar-refractivity contribution is 8.13. The van der Waals surface area contributed by atoms with Crippen LogP contribution >= 0.6 is 23.4 Å². The number of methoxy groups -OCH3 is 1. The highest BCUT2D eigenvalue weighted by Crippen LogP contribution is 2.28. The first-order valence-corrected chi connectivity index (χ1v) is 12.5. The van der Waals surface area contributed by atoms with E-state index in [1.54, 1.807) is 31.0 Å². The van der Waals surface area contributed by atoms with Gasteiger partial charge in [0, 0.05) is 23.0 Å². The molecule has 178 valence electrons.